The van der Waals surface area contributed by atoms with E-state index in [0.717, 1.165) is 6.42 Å². The number of amides is 2. The van der Waals surface area contributed by atoms with Crippen molar-refractivity contribution in [1.82, 2.24) is 10.2 Å². The fraction of sp³-hybridized carbons (Fsp3) is 0.667. The van der Waals surface area contributed by atoms with Crippen molar-refractivity contribution in [3.8, 4) is 0 Å². The monoisotopic (exact) mass is 186 g/mol. The Morgan fingerprint density at radius 2 is 2.23 bits per heavy atom. The highest BCUT2D eigenvalue weighted by Crippen LogP contribution is 1.82. The second-order valence-electron chi connectivity index (χ2n) is 2.82. The van der Waals surface area contributed by atoms with Crippen molar-refractivity contribution in [2.45, 2.75) is 6.42 Å². The molecule has 0 bridgehead atoms. The fourth-order valence-electron chi connectivity index (χ4n) is 0.657. The topological polar surface area (TPSA) is 41.6 Å². The van der Waals surface area contributed by atoms with E-state index in [1.54, 1.807) is 20.2 Å². The van der Waals surface area contributed by atoms with E-state index in [1.165, 1.54) is 4.90 Å². The van der Waals surface area contributed by atoms with Crippen molar-refractivity contribution in [3.05, 3.63) is 12.7 Å². The van der Waals surface area contributed by atoms with Crippen LogP contribution in [0.4, 0.5) is 4.79 Å². The Bertz CT molecular complexity index is 158. The molecule has 2 amide bonds. The van der Waals surface area contributed by atoms with Crippen LogP contribution in [0.2, 0.25) is 0 Å². The van der Waals surface area contributed by atoms with Gasteiger partial charge in [-0.1, -0.05) is 6.08 Å². The second kappa shape index (κ2) is 7.61. The summed E-state index contributed by atoms with van der Waals surface area (Å²) in [6, 6.07) is -0.0904. The van der Waals surface area contributed by atoms with E-state index in [4.69, 9.17) is 4.74 Å². The molecule has 0 radical (unpaired) electrons. The third kappa shape index (κ3) is 7.33. The maximum Gasteiger partial charge on any atom is 0.316 e. The molecular formula is C9H18N2O2. The van der Waals surface area contributed by atoms with Gasteiger partial charge in [0.25, 0.3) is 0 Å². The van der Waals surface area contributed by atoms with Crippen LogP contribution in [0.3, 0.4) is 0 Å². The molecule has 0 saturated carbocycles. The molecule has 0 aromatic heterocycles. The van der Waals surface area contributed by atoms with Crippen LogP contribution < -0.4 is 5.32 Å². The molecule has 0 aromatic rings. The van der Waals surface area contributed by atoms with Crippen molar-refractivity contribution in [2.24, 2.45) is 0 Å². The molecule has 1 N–H and O–H groups in total. The molecule has 0 atom stereocenters. The molecule has 0 spiro atoms. The highest BCUT2D eigenvalue weighted by Gasteiger charge is 1.99. The molecule has 0 aliphatic rings. The molecule has 13 heavy (non-hydrogen) atoms. The highest BCUT2D eigenvalue weighted by molar-refractivity contribution is 5.73. The predicted molar refractivity (Wildman–Crippen MR) is 52.7 cm³/mol. The Balaban J connectivity index is 3.16. The van der Waals surface area contributed by atoms with Crippen LogP contribution in [0.15, 0.2) is 12.7 Å². The summed E-state index contributed by atoms with van der Waals surface area (Å²) in [5.74, 6) is 0. The number of rotatable bonds is 6. The van der Waals surface area contributed by atoms with Crippen LogP contribution in [-0.2, 0) is 4.74 Å². The molecule has 0 aromatic carbocycles. The SMILES string of the molecule is C=CCCOCCNC(=O)N(C)C. The lowest BCUT2D eigenvalue weighted by molar-refractivity contribution is 0.139. The molecule has 0 unspecified atom stereocenters. The Morgan fingerprint density at radius 1 is 1.54 bits per heavy atom. The van der Waals surface area contributed by atoms with Gasteiger partial charge in [0.1, 0.15) is 0 Å². The first-order valence-corrected chi connectivity index (χ1v) is 4.32. The lowest BCUT2D eigenvalue weighted by atomic mass is 10.4. The number of nitrogens with one attached hydrogen (secondary N) is 1. The van der Waals surface area contributed by atoms with Crippen LogP contribution >= 0.6 is 0 Å². The van der Waals surface area contributed by atoms with Gasteiger partial charge >= 0.3 is 6.03 Å². The van der Waals surface area contributed by atoms with Crippen LogP contribution in [0.1, 0.15) is 6.42 Å². The van der Waals surface area contributed by atoms with Gasteiger partial charge in [0, 0.05) is 20.6 Å². The summed E-state index contributed by atoms with van der Waals surface area (Å²) < 4.78 is 5.20. The summed E-state index contributed by atoms with van der Waals surface area (Å²) in [4.78, 5) is 12.5. The molecule has 4 heteroatoms. The number of hydrogen-bond acceptors (Lipinski definition) is 2. The molecule has 0 rings (SSSR count). The first kappa shape index (κ1) is 12.0. The van der Waals surface area contributed by atoms with Gasteiger partial charge in [-0.3, -0.25) is 0 Å². The van der Waals surface area contributed by atoms with Crippen molar-refractivity contribution in [2.75, 3.05) is 33.9 Å². The zero-order valence-corrected chi connectivity index (χ0v) is 8.38. The maximum atomic E-state index is 11.0. The van der Waals surface area contributed by atoms with E-state index in [1.807, 2.05) is 0 Å². The number of ether oxygens (including phenoxy) is 1. The molecule has 4 nitrogen and oxygen atoms in total. The van der Waals surface area contributed by atoms with Crippen molar-refractivity contribution >= 4 is 6.03 Å². The average molecular weight is 186 g/mol. The van der Waals surface area contributed by atoms with Gasteiger partial charge in [-0.15, -0.1) is 6.58 Å². The average Bonchev–Trinajstić information content (AvgIpc) is 2.10. The Hall–Kier alpha value is -1.03. The molecular weight excluding hydrogens is 168 g/mol. The Labute approximate surface area is 79.6 Å². The van der Waals surface area contributed by atoms with Crippen LogP contribution in [0, 0.1) is 0 Å². The van der Waals surface area contributed by atoms with Crippen molar-refractivity contribution in [1.29, 1.82) is 0 Å². The third-order valence-electron chi connectivity index (χ3n) is 1.40. The largest absolute Gasteiger partial charge is 0.379 e. The quantitative estimate of drug-likeness (QED) is 0.493. The summed E-state index contributed by atoms with van der Waals surface area (Å²) in [6.07, 6.45) is 2.65. The van der Waals surface area contributed by atoms with Gasteiger partial charge in [0.05, 0.1) is 13.2 Å². The number of carbonyl (C=O) groups excluding carboxylic acids is 1. The molecule has 0 aliphatic heterocycles. The van der Waals surface area contributed by atoms with E-state index in [0.29, 0.717) is 19.8 Å². The van der Waals surface area contributed by atoms with Gasteiger partial charge in [-0.2, -0.15) is 0 Å². The van der Waals surface area contributed by atoms with Gasteiger partial charge in [0.2, 0.25) is 0 Å². The fourth-order valence-corrected chi connectivity index (χ4v) is 0.657. The van der Waals surface area contributed by atoms with Crippen LogP contribution in [0.5, 0.6) is 0 Å². The van der Waals surface area contributed by atoms with Crippen LogP contribution in [0.25, 0.3) is 0 Å². The van der Waals surface area contributed by atoms with E-state index < -0.39 is 0 Å². The smallest absolute Gasteiger partial charge is 0.316 e. The van der Waals surface area contributed by atoms with E-state index in [-0.39, 0.29) is 6.03 Å². The van der Waals surface area contributed by atoms with Crippen molar-refractivity contribution < 1.29 is 9.53 Å². The van der Waals surface area contributed by atoms with Gasteiger partial charge in [-0.05, 0) is 6.42 Å². The Morgan fingerprint density at radius 3 is 2.77 bits per heavy atom. The zero-order valence-electron chi connectivity index (χ0n) is 8.38. The number of hydrogen-bond donors (Lipinski definition) is 1. The molecule has 0 fully saturated rings. The zero-order chi connectivity index (χ0) is 10.1. The molecule has 0 heterocycles. The number of carbonyl (C=O) groups is 1. The first-order chi connectivity index (χ1) is 6.18. The number of nitrogens with zero attached hydrogens (tertiary/aromatic N) is 1. The van der Waals surface area contributed by atoms with E-state index >= 15 is 0 Å². The van der Waals surface area contributed by atoms with E-state index in [2.05, 4.69) is 11.9 Å². The highest BCUT2D eigenvalue weighted by atomic mass is 16.5. The van der Waals surface area contributed by atoms with Gasteiger partial charge < -0.3 is 15.0 Å². The summed E-state index contributed by atoms with van der Waals surface area (Å²) in [6.45, 7) is 5.34. The van der Waals surface area contributed by atoms with Gasteiger partial charge in [0.15, 0.2) is 0 Å². The lowest BCUT2D eigenvalue weighted by Gasteiger charge is -2.11. The minimum Gasteiger partial charge on any atom is -0.379 e. The summed E-state index contributed by atoms with van der Waals surface area (Å²) in [5.41, 5.74) is 0. The standard InChI is InChI=1S/C9H18N2O2/c1-4-5-7-13-8-6-10-9(12)11(2)3/h4H,1,5-8H2,2-3H3,(H,10,12). The molecule has 0 saturated heterocycles. The third-order valence-corrected chi connectivity index (χ3v) is 1.40. The Kier molecular flexibility index (Phi) is 7.01. The molecule has 76 valence electrons. The summed E-state index contributed by atoms with van der Waals surface area (Å²) >= 11 is 0. The predicted octanol–water partition coefficient (Wildman–Crippen LogP) is 0.850. The first-order valence-electron chi connectivity index (χ1n) is 4.32. The normalized spacial score (nSPS) is 9.38. The molecule has 0 aliphatic carbocycles. The van der Waals surface area contributed by atoms with Gasteiger partial charge in [-0.25, -0.2) is 4.79 Å². The summed E-state index contributed by atoms with van der Waals surface area (Å²) in [5, 5.41) is 2.70. The minimum atomic E-state index is -0.0904. The second-order valence-corrected chi connectivity index (χ2v) is 2.82. The van der Waals surface area contributed by atoms with Crippen LogP contribution in [-0.4, -0.2) is 44.8 Å². The lowest BCUT2D eigenvalue weighted by Crippen LogP contribution is -2.36. The summed E-state index contributed by atoms with van der Waals surface area (Å²) in [7, 11) is 3.40. The maximum absolute atomic E-state index is 11.0. The van der Waals surface area contributed by atoms with E-state index in [9.17, 15) is 4.79 Å². The minimum absolute atomic E-state index is 0.0904. The number of urea groups is 1. The van der Waals surface area contributed by atoms with Crippen molar-refractivity contribution in [3.63, 3.8) is 0 Å².